The Bertz CT molecular complexity index is 772. The lowest BCUT2D eigenvalue weighted by Crippen LogP contribution is -2.21. The van der Waals surface area contributed by atoms with Gasteiger partial charge in [0.2, 0.25) is 0 Å². The third-order valence-electron chi connectivity index (χ3n) is 2.60. The van der Waals surface area contributed by atoms with Crippen molar-refractivity contribution in [2.45, 2.75) is 0 Å². The van der Waals surface area contributed by atoms with Crippen molar-refractivity contribution in [2.75, 3.05) is 11.9 Å². The van der Waals surface area contributed by atoms with Gasteiger partial charge < -0.3 is 10.1 Å². The number of carbonyl (C=O) groups is 2. The third-order valence-corrected chi connectivity index (χ3v) is 3.21. The number of aromatic nitrogens is 1. The summed E-state index contributed by atoms with van der Waals surface area (Å²) in [4.78, 5) is 27.2. The molecule has 1 N–H and O–H groups in total. The van der Waals surface area contributed by atoms with E-state index in [1.54, 1.807) is 6.07 Å². The molecule has 1 amide bonds. The van der Waals surface area contributed by atoms with Crippen LogP contribution in [0.5, 0.6) is 0 Å². The van der Waals surface area contributed by atoms with E-state index in [0.29, 0.717) is 12.1 Å². The molecule has 0 unspecified atom stereocenters. The van der Waals surface area contributed by atoms with Gasteiger partial charge in [0, 0.05) is 6.20 Å². The molecule has 1 aromatic heterocycles. The van der Waals surface area contributed by atoms with E-state index in [4.69, 9.17) is 23.2 Å². The first kappa shape index (κ1) is 17.1. The van der Waals surface area contributed by atoms with E-state index in [-0.39, 0.29) is 15.9 Å². The zero-order chi connectivity index (χ0) is 17.0. The number of ether oxygens (including phenoxy) is 1. The number of carbonyl (C=O) groups excluding carboxylic acids is 2. The minimum Gasteiger partial charge on any atom is -0.452 e. The molecule has 0 aliphatic rings. The van der Waals surface area contributed by atoms with Crippen molar-refractivity contribution in [3.8, 4) is 0 Å². The summed E-state index contributed by atoms with van der Waals surface area (Å²) >= 11 is 11.4. The number of nitrogens with one attached hydrogen (secondary N) is 1. The van der Waals surface area contributed by atoms with Crippen LogP contribution >= 0.6 is 23.2 Å². The van der Waals surface area contributed by atoms with Crippen LogP contribution in [0.3, 0.4) is 0 Å². The number of rotatable bonds is 4. The number of anilines is 1. The first-order chi connectivity index (χ1) is 10.9. The van der Waals surface area contributed by atoms with Crippen LogP contribution in [0.2, 0.25) is 10.2 Å². The van der Waals surface area contributed by atoms with Crippen LogP contribution in [0.4, 0.5) is 14.5 Å². The highest BCUT2D eigenvalue weighted by Gasteiger charge is 2.17. The van der Waals surface area contributed by atoms with Crippen LogP contribution in [-0.4, -0.2) is 23.5 Å². The van der Waals surface area contributed by atoms with E-state index in [2.05, 4.69) is 15.0 Å². The lowest BCUT2D eigenvalue weighted by molar-refractivity contribution is -0.119. The van der Waals surface area contributed by atoms with E-state index >= 15 is 0 Å². The average Bonchev–Trinajstić information content (AvgIpc) is 2.51. The predicted octanol–water partition coefficient (Wildman–Crippen LogP) is 3.46. The summed E-state index contributed by atoms with van der Waals surface area (Å²) in [5.74, 6) is -4.21. The Morgan fingerprint density at radius 1 is 1.22 bits per heavy atom. The second kappa shape index (κ2) is 7.34. The van der Waals surface area contributed by atoms with Crippen molar-refractivity contribution in [3.63, 3.8) is 0 Å². The van der Waals surface area contributed by atoms with Gasteiger partial charge in [-0.1, -0.05) is 23.2 Å². The van der Waals surface area contributed by atoms with Crippen LogP contribution in [0.25, 0.3) is 0 Å². The summed E-state index contributed by atoms with van der Waals surface area (Å²) in [6.45, 7) is -0.667. The van der Waals surface area contributed by atoms with Crippen LogP contribution in [-0.2, 0) is 9.53 Å². The molecule has 0 saturated carbocycles. The Labute approximate surface area is 139 Å². The first-order valence-corrected chi connectivity index (χ1v) is 6.86. The maximum atomic E-state index is 13.1. The van der Waals surface area contributed by atoms with Crippen LogP contribution < -0.4 is 5.32 Å². The van der Waals surface area contributed by atoms with Gasteiger partial charge in [0.15, 0.2) is 23.4 Å². The fraction of sp³-hybridized carbons (Fsp3) is 0.0714. The lowest BCUT2D eigenvalue weighted by Gasteiger charge is -2.08. The number of benzene rings is 1. The SMILES string of the molecule is O=C(COC(=O)c1cc(F)c(F)cc1Cl)Nc1cccnc1Cl. The van der Waals surface area contributed by atoms with Gasteiger partial charge >= 0.3 is 5.97 Å². The molecule has 0 bridgehead atoms. The molecule has 9 heteroatoms. The first-order valence-electron chi connectivity index (χ1n) is 6.10. The van der Waals surface area contributed by atoms with Gasteiger partial charge in [-0.2, -0.15) is 0 Å². The van der Waals surface area contributed by atoms with Crippen molar-refractivity contribution in [2.24, 2.45) is 0 Å². The zero-order valence-corrected chi connectivity index (χ0v) is 12.8. The van der Waals surface area contributed by atoms with Crippen molar-refractivity contribution in [1.82, 2.24) is 4.98 Å². The number of amides is 1. The van der Waals surface area contributed by atoms with Gasteiger partial charge in [-0.15, -0.1) is 0 Å². The Hall–Kier alpha value is -2.25. The molecule has 0 saturated heterocycles. The molecule has 0 atom stereocenters. The summed E-state index contributed by atoms with van der Waals surface area (Å²) < 4.78 is 30.7. The number of halogens is 4. The summed E-state index contributed by atoms with van der Waals surface area (Å²) in [7, 11) is 0. The van der Waals surface area contributed by atoms with E-state index in [1.807, 2.05) is 0 Å². The molecule has 23 heavy (non-hydrogen) atoms. The highest BCUT2D eigenvalue weighted by Crippen LogP contribution is 2.21. The van der Waals surface area contributed by atoms with Crippen LogP contribution in [0, 0.1) is 11.6 Å². The topological polar surface area (TPSA) is 68.3 Å². The van der Waals surface area contributed by atoms with Crippen molar-refractivity contribution < 1.29 is 23.1 Å². The van der Waals surface area contributed by atoms with Crippen molar-refractivity contribution in [3.05, 3.63) is 57.8 Å². The number of hydrogen-bond acceptors (Lipinski definition) is 4. The molecule has 0 fully saturated rings. The van der Waals surface area contributed by atoms with Gasteiger partial charge in [-0.3, -0.25) is 4.79 Å². The van der Waals surface area contributed by atoms with E-state index < -0.39 is 35.7 Å². The van der Waals surface area contributed by atoms with Crippen molar-refractivity contribution in [1.29, 1.82) is 0 Å². The minimum absolute atomic E-state index is 0.0656. The summed E-state index contributed by atoms with van der Waals surface area (Å²) in [5.41, 5.74) is -0.154. The van der Waals surface area contributed by atoms with Gasteiger partial charge in [0.1, 0.15) is 0 Å². The smallest absolute Gasteiger partial charge is 0.340 e. The maximum Gasteiger partial charge on any atom is 0.340 e. The summed E-state index contributed by atoms with van der Waals surface area (Å²) in [6, 6.07) is 4.29. The van der Waals surface area contributed by atoms with E-state index in [1.165, 1.54) is 12.3 Å². The predicted molar refractivity (Wildman–Crippen MR) is 79.5 cm³/mol. The average molecular weight is 361 g/mol. The molecule has 2 aromatic rings. The Morgan fingerprint density at radius 3 is 2.61 bits per heavy atom. The van der Waals surface area contributed by atoms with Crippen LogP contribution in [0.15, 0.2) is 30.5 Å². The fourth-order valence-corrected chi connectivity index (χ4v) is 1.95. The molecule has 0 spiro atoms. The Morgan fingerprint density at radius 2 is 1.91 bits per heavy atom. The molecule has 1 heterocycles. The quantitative estimate of drug-likeness (QED) is 0.515. The maximum absolute atomic E-state index is 13.1. The molecular formula is C14H8Cl2F2N2O3. The van der Waals surface area contributed by atoms with Crippen molar-refractivity contribution >= 4 is 40.8 Å². The molecule has 0 aliphatic heterocycles. The van der Waals surface area contributed by atoms with E-state index in [0.717, 1.165) is 0 Å². The summed E-state index contributed by atoms with van der Waals surface area (Å²) in [5, 5.41) is 2.11. The van der Waals surface area contributed by atoms with Gasteiger partial charge in [0.25, 0.3) is 5.91 Å². The second-order valence-electron chi connectivity index (χ2n) is 4.21. The number of hydrogen-bond donors (Lipinski definition) is 1. The van der Waals surface area contributed by atoms with E-state index in [9.17, 15) is 18.4 Å². The molecule has 0 aliphatic carbocycles. The second-order valence-corrected chi connectivity index (χ2v) is 4.98. The number of nitrogens with zero attached hydrogens (tertiary/aromatic N) is 1. The standard InChI is InChI=1S/C14H8Cl2F2N2O3/c15-8-5-10(18)9(17)4-7(8)14(22)23-6-12(21)20-11-2-1-3-19-13(11)16/h1-5H,6H2,(H,20,21). The molecule has 1 aromatic carbocycles. The molecular weight excluding hydrogens is 353 g/mol. The monoisotopic (exact) mass is 360 g/mol. The highest BCUT2D eigenvalue weighted by atomic mass is 35.5. The molecule has 5 nitrogen and oxygen atoms in total. The molecule has 0 radical (unpaired) electrons. The van der Waals surface area contributed by atoms with Crippen LogP contribution in [0.1, 0.15) is 10.4 Å². The highest BCUT2D eigenvalue weighted by molar-refractivity contribution is 6.33. The largest absolute Gasteiger partial charge is 0.452 e. The molecule has 120 valence electrons. The number of pyridine rings is 1. The Balaban J connectivity index is 1.98. The normalized spacial score (nSPS) is 10.3. The Kier molecular flexibility index (Phi) is 5.46. The van der Waals surface area contributed by atoms with Gasteiger partial charge in [-0.05, 0) is 24.3 Å². The minimum atomic E-state index is -1.26. The molecule has 2 rings (SSSR count). The van der Waals surface area contributed by atoms with Gasteiger partial charge in [0.05, 0.1) is 16.3 Å². The zero-order valence-electron chi connectivity index (χ0n) is 11.3. The number of esters is 1. The summed E-state index contributed by atoms with van der Waals surface area (Å²) in [6.07, 6.45) is 1.43. The lowest BCUT2D eigenvalue weighted by atomic mass is 10.2. The fourth-order valence-electron chi connectivity index (χ4n) is 1.55. The van der Waals surface area contributed by atoms with Gasteiger partial charge in [-0.25, -0.2) is 18.6 Å². The third kappa shape index (κ3) is 4.37.